The van der Waals surface area contributed by atoms with Crippen LogP contribution in [-0.2, 0) is 6.42 Å². The fourth-order valence-electron chi connectivity index (χ4n) is 1.80. The lowest BCUT2D eigenvalue weighted by Crippen LogP contribution is -2.13. The van der Waals surface area contributed by atoms with Gasteiger partial charge in [0.25, 0.3) is 5.91 Å². The third-order valence-electron chi connectivity index (χ3n) is 2.78. The summed E-state index contributed by atoms with van der Waals surface area (Å²) in [5.74, 6) is -0.153. The van der Waals surface area contributed by atoms with Crippen molar-refractivity contribution in [3.8, 4) is 0 Å². The first kappa shape index (κ1) is 14.1. The van der Waals surface area contributed by atoms with Gasteiger partial charge in [-0.1, -0.05) is 40.5 Å². The molecule has 0 aliphatic heterocycles. The predicted octanol–water partition coefficient (Wildman–Crippen LogP) is 4.92. The molecule has 4 heteroatoms. The van der Waals surface area contributed by atoms with Crippen LogP contribution in [0.3, 0.4) is 0 Å². The zero-order valence-corrected chi connectivity index (χ0v) is 12.8. The number of nitrogens with one attached hydrogen (secondary N) is 1. The number of hydrogen-bond donors (Lipinski definition) is 1. The van der Waals surface area contributed by atoms with Gasteiger partial charge in [0, 0.05) is 20.7 Å². The molecule has 2 aromatic carbocycles. The second-order valence-electron chi connectivity index (χ2n) is 4.12. The summed E-state index contributed by atoms with van der Waals surface area (Å²) < 4.78 is 1.00. The number of anilines is 1. The van der Waals surface area contributed by atoms with Gasteiger partial charge in [0.1, 0.15) is 0 Å². The van der Waals surface area contributed by atoms with E-state index in [1.165, 1.54) is 0 Å². The summed E-state index contributed by atoms with van der Waals surface area (Å²) in [5, 5.41) is 3.47. The summed E-state index contributed by atoms with van der Waals surface area (Å²) in [6, 6.07) is 12.7. The topological polar surface area (TPSA) is 29.1 Å². The molecule has 0 bridgehead atoms. The Kier molecular flexibility index (Phi) is 4.61. The molecule has 0 aromatic heterocycles. The van der Waals surface area contributed by atoms with Gasteiger partial charge in [0.2, 0.25) is 0 Å². The van der Waals surface area contributed by atoms with Crippen LogP contribution in [0.2, 0.25) is 5.02 Å². The van der Waals surface area contributed by atoms with Crippen molar-refractivity contribution in [3.05, 3.63) is 63.1 Å². The van der Waals surface area contributed by atoms with E-state index in [0.29, 0.717) is 10.6 Å². The Morgan fingerprint density at radius 1 is 1.26 bits per heavy atom. The van der Waals surface area contributed by atoms with Gasteiger partial charge in [-0.2, -0.15) is 0 Å². The highest BCUT2D eigenvalue weighted by Gasteiger charge is 2.09. The van der Waals surface area contributed by atoms with E-state index >= 15 is 0 Å². The minimum Gasteiger partial charge on any atom is -0.322 e. The van der Waals surface area contributed by atoms with Gasteiger partial charge in [-0.25, -0.2) is 0 Å². The Hall–Kier alpha value is -1.32. The van der Waals surface area contributed by atoms with E-state index in [4.69, 9.17) is 11.6 Å². The minimum atomic E-state index is -0.153. The Morgan fingerprint density at radius 2 is 2.05 bits per heavy atom. The first-order valence-corrected chi connectivity index (χ1v) is 7.12. The highest BCUT2D eigenvalue weighted by atomic mass is 79.9. The van der Waals surface area contributed by atoms with Crippen LogP contribution in [0.15, 0.2) is 46.9 Å². The first-order chi connectivity index (χ1) is 9.10. The average molecular weight is 339 g/mol. The number of hydrogen-bond acceptors (Lipinski definition) is 1. The number of amides is 1. The fourth-order valence-corrected chi connectivity index (χ4v) is 2.40. The summed E-state index contributed by atoms with van der Waals surface area (Å²) >= 11 is 9.31. The Balaban J connectivity index is 2.24. The van der Waals surface area contributed by atoms with Gasteiger partial charge < -0.3 is 5.32 Å². The highest BCUT2D eigenvalue weighted by Crippen LogP contribution is 2.22. The molecule has 2 rings (SSSR count). The molecular formula is C15H13BrClNO. The number of rotatable bonds is 3. The number of carbonyl (C=O) groups excluding carboxylic acids is 1. The summed E-state index contributed by atoms with van der Waals surface area (Å²) in [7, 11) is 0. The lowest BCUT2D eigenvalue weighted by atomic mass is 10.1. The fraction of sp³-hybridized carbons (Fsp3) is 0.133. The van der Waals surface area contributed by atoms with Gasteiger partial charge in [0.05, 0.1) is 0 Å². The summed E-state index contributed by atoms with van der Waals surface area (Å²) in [6.45, 7) is 2.05. The van der Waals surface area contributed by atoms with Gasteiger partial charge in [-0.05, 0) is 48.4 Å². The van der Waals surface area contributed by atoms with Crippen LogP contribution in [0, 0.1) is 0 Å². The van der Waals surface area contributed by atoms with Crippen molar-refractivity contribution < 1.29 is 4.79 Å². The molecule has 0 saturated carbocycles. The summed E-state index contributed by atoms with van der Waals surface area (Å²) in [6.07, 6.45) is 0.852. The van der Waals surface area contributed by atoms with Crippen molar-refractivity contribution in [2.45, 2.75) is 13.3 Å². The van der Waals surface area contributed by atoms with Crippen molar-refractivity contribution in [2.24, 2.45) is 0 Å². The van der Waals surface area contributed by atoms with Crippen LogP contribution in [-0.4, -0.2) is 5.91 Å². The van der Waals surface area contributed by atoms with Crippen LogP contribution in [0.5, 0.6) is 0 Å². The second kappa shape index (κ2) is 6.22. The Bertz CT molecular complexity index is 613. The molecule has 2 aromatic rings. The average Bonchev–Trinajstić information content (AvgIpc) is 2.40. The molecule has 0 aliphatic rings. The lowest BCUT2D eigenvalue weighted by molar-refractivity contribution is 0.102. The largest absolute Gasteiger partial charge is 0.322 e. The second-order valence-corrected chi connectivity index (χ2v) is 5.47. The molecule has 1 N–H and O–H groups in total. The van der Waals surface area contributed by atoms with Crippen molar-refractivity contribution in [3.63, 3.8) is 0 Å². The quantitative estimate of drug-likeness (QED) is 0.846. The van der Waals surface area contributed by atoms with Crippen molar-refractivity contribution in [1.82, 2.24) is 0 Å². The van der Waals surface area contributed by atoms with E-state index < -0.39 is 0 Å². The third-order valence-corrected chi connectivity index (χ3v) is 3.51. The van der Waals surface area contributed by atoms with E-state index in [-0.39, 0.29) is 5.91 Å². The van der Waals surface area contributed by atoms with E-state index in [0.717, 1.165) is 22.1 Å². The van der Waals surface area contributed by atoms with Crippen LogP contribution in [0.25, 0.3) is 0 Å². The zero-order valence-electron chi connectivity index (χ0n) is 10.4. The Labute approximate surface area is 125 Å². The van der Waals surface area contributed by atoms with E-state index in [1.54, 1.807) is 24.3 Å². The molecule has 0 heterocycles. The molecule has 1 amide bonds. The molecule has 0 aliphatic carbocycles. The van der Waals surface area contributed by atoms with Gasteiger partial charge in [-0.3, -0.25) is 4.79 Å². The molecular weight excluding hydrogens is 326 g/mol. The maximum Gasteiger partial charge on any atom is 0.255 e. The maximum atomic E-state index is 12.1. The first-order valence-electron chi connectivity index (χ1n) is 5.95. The van der Waals surface area contributed by atoms with E-state index in [9.17, 15) is 4.79 Å². The standard InChI is InChI=1S/C15H13BrClNO/c1-2-10-8-12(16)6-7-14(10)18-15(19)11-4-3-5-13(17)9-11/h3-9H,2H2,1H3,(H,18,19). The highest BCUT2D eigenvalue weighted by molar-refractivity contribution is 9.10. The molecule has 0 saturated heterocycles. The smallest absolute Gasteiger partial charge is 0.255 e. The van der Waals surface area contributed by atoms with Crippen molar-refractivity contribution in [1.29, 1.82) is 0 Å². The number of carbonyl (C=O) groups is 1. The third kappa shape index (κ3) is 3.58. The minimum absolute atomic E-state index is 0.153. The molecule has 19 heavy (non-hydrogen) atoms. The van der Waals surface area contributed by atoms with Crippen molar-refractivity contribution >= 4 is 39.1 Å². The van der Waals surface area contributed by atoms with Crippen LogP contribution in [0.4, 0.5) is 5.69 Å². The monoisotopic (exact) mass is 337 g/mol. The normalized spacial score (nSPS) is 10.3. The van der Waals surface area contributed by atoms with Crippen LogP contribution < -0.4 is 5.32 Å². The number of halogens is 2. The SMILES string of the molecule is CCc1cc(Br)ccc1NC(=O)c1cccc(Cl)c1. The maximum absolute atomic E-state index is 12.1. The molecule has 0 radical (unpaired) electrons. The molecule has 0 unspecified atom stereocenters. The van der Waals surface area contributed by atoms with Crippen LogP contribution in [0.1, 0.15) is 22.8 Å². The molecule has 0 spiro atoms. The van der Waals surface area contributed by atoms with Crippen molar-refractivity contribution in [2.75, 3.05) is 5.32 Å². The molecule has 0 atom stereocenters. The summed E-state index contributed by atoms with van der Waals surface area (Å²) in [4.78, 5) is 12.1. The lowest BCUT2D eigenvalue weighted by Gasteiger charge is -2.10. The molecule has 2 nitrogen and oxygen atoms in total. The Morgan fingerprint density at radius 3 is 2.74 bits per heavy atom. The van der Waals surface area contributed by atoms with E-state index in [2.05, 4.69) is 28.2 Å². The van der Waals surface area contributed by atoms with Crippen LogP contribution >= 0.6 is 27.5 Å². The molecule has 98 valence electrons. The van der Waals surface area contributed by atoms with E-state index in [1.807, 2.05) is 18.2 Å². The van der Waals surface area contributed by atoms with Gasteiger partial charge >= 0.3 is 0 Å². The van der Waals surface area contributed by atoms with Gasteiger partial charge in [0.15, 0.2) is 0 Å². The zero-order chi connectivity index (χ0) is 13.8. The molecule has 0 fully saturated rings. The summed E-state index contributed by atoms with van der Waals surface area (Å²) in [5.41, 5.74) is 2.47. The number of benzene rings is 2. The van der Waals surface area contributed by atoms with Gasteiger partial charge in [-0.15, -0.1) is 0 Å². The predicted molar refractivity (Wildman–Crippen MR) is 82.9 cm³/mol. The number of aryl methyl sites for hydroxylation is 1.